The molecular weight excluding hydrogens is 190 g/mol. The highest BCUT2D eigenvalue weighted by atomic mass is 16.4. The topological polar surface area (TPSA) is 64.9 Å². The molecule has 0 unspecified atom stereocenters. The molecule has 4 heteroatoms. The van der Waals surface area contributed by atoms with E-state index in [4.69, 9.17) is 10.2 Å². The molecule has 1 aromatic carbocycles. The molecule has 0 aliphatic rings. The molecule has 76 valence electrons. The average molecular weight is 201 g/mol. The second kappa shape index (κ2) is 3.96. The Labute approximate surface area is 87.4 Å². The lowest BCUT2D eigenvalue weighted by atomic mass is 10.1. The first kappa shape index (κ1) is 9.45. The third-order valence-electron chi connectivity index (χ3n) is 1.95. The van der Waals surface area contributed by atoms with Gasteiger partial charge in [-0.2, -0.15) is 0 Å². The molecule has 2 N–H and O–H groups in total. The van der Waals surface area contributed by atoms with Crippen molar-refractivity contribution in [2.45, 2.75) is 6.92 Å². The Kier molecular flexibility index (Phi) is 2.49. The molecule has 0 aliphatic heterocycles. The Morgan fingerprint density at radius 3 is 2.47 bits per heavy atom. The summed E-state index contributed by atoms with van der Waals surface area (Å²) in [7, 11) is 0. The number of hydrogen-bond donors (Lipinski definition) is 1. The maximum absolute atomic E-state index is 5.29. The minimum Gasteiger partial charge on any atom is -0.404 e. The van der Waals surface area contributed by atoms with Gasteiger partial charge >= 0.3 is 6.01 Å². The summed E-state index contributed by atoms with van der Waals surface area (Å²) in [5.41, 5.74) is 7.60. The second-order valence-corrected chi connectivity index (χ2v) is 3.22. The van der Waals surface area contributed by atoms with Gasteiger partial charge in [0.1, 0.15) is 0 Å². The fourth-order valence-electron chi connectivity index (χ4n) is 1.16. The number of hydrogen-bond acceptors (Lipinski definition) is 4. The Balaban J connectivity index is 2.14. The van der Waals surface area contributed by atoms with Gasteiger partial charge in [-0.15, -0.1) is 5.10 Å². The van der Waals surface area contributed by atoms with Gasteiger partial charge in [-0.25, -0.2) is 0 Å². The lowest BCUT2D eigenvalue weighted by Gasteiger charge is -1.93. The summed E-state index contributed by atoms with van der Waals surface area (Å²) < 4.78 is 5.00. The lowest BCUT2D eigenvalue weighted by molar-refractivity contribution is 0.563. The number of aryl methyl sites for hydroxylation is 1. The number of anilines is 1. The highest BCUT2D eigenvalue weighted by Crippen LogP contribution is 2.09. The summed E-state index contributed by atoms with van der Waals surface area (Å²) >= 11 is 0. The summed E-state index contributed by atoms with van der Waals surface area (Å²) in [6.45, 7) is 2.05. The van der Waals surface area contributed by atoms with Crippen molar-refractivity contribution < 1.29 is 4.42 Å². The summed E-state index contributed by atoms with van der Waals surface area (Å²) in [4.78, 5) is 0. The first-order valence-corrected chi connectivity index (χ1v) is 4.58. The van der Waals surface area contributed by atoms with Gasteiger partial charge in [-0.1, -0.05) is 34.9 Å². The number of rotatable bonds is 2. The van der Waals surface area contributed by atoms with Crippen molar-refractivity contribution in [1.29, 1.82) is 0 Å². The van der Waals surface area contributed by atoms with E-state index in [0.717, 1.165) is 5.56 Å². The van der Waals surface area contributed by atoms with E-state index in [9.17, 15) is 0 Å². The largest absolute Gasteiger partial charge is 0.404 e. The molecule has 0 amide bonds. The lowest BCUT2D eigenvalue weighted by Crippen LogP contribution is -1.81. The van der Waals surface area contributed by atoms with Gasteiger partial charge in [0, 0.05) is 6.08 Å². The highest BCUT2D eigenvalue weighted by Gasteiger charge is 1.96. The van der Waals surface area contributed by atoms with Crippen LogP contribution in [0.3, 0.4) is 0 Å². The first-order chi connectivity index (χ1) is 7.24. The van der Waals surface area contributed by atoms with Crippen LogP contribution in [-0.4, -0.2) is 10.2 Å². The molecule has 0 radical (unpaired) electrons. The summed E-state index contributed by atoms with van der Waals surface area (Å²) in [6, 6.07) is 8.21. The quantitative estimate of drug-likeness (QED) is 0.808. The van der Waals surface area contributed by atoms with Crippen LogP contribution in [0, 0.1) is 6.92 Å². The van der Waals surface area contributed by atoms with Crippen molar-refractivity contribution in [1.82, 2.24) is 10.2 Å². The minimum atomic E-state index is 0.0820. The average Bonchev–Trinajstić information content (AvgIpc) is 2.64. The van der Waals surface area contributed by atoms with Crippen molar-refractivity contribution in [3.8, 4) is 0 Å². The molecule has 4 nitrogen and oxygen atoms in total. The van der Waals surface area contributed by atoms with Crippen LogP contribution in [0.25, 0.3) is 12.2 Å². The van der Waals surface area contributed by atoms with E-state index in [1.54, 1.807) is 6.08 Å². The molecule has 0 saturated heterocycles. The third kappa shape index (κ3) is 2.43. The maximum Gasteiger partial charge on any atom is 0.313 e. The molecule has 1 aromatic heterocycles. The molecule has 0 aliphatic carbocycles. The number of nitrogens with zero attached hydrogens (tertiary/aromatic N) is 2. The van der Waals surface area contributed by atoms with Crippen molar-refractivity contribution in [3.05, 3.63) is 41.3 Å². The Bertz CT molecular complexity index is 471. The smallest absolute Gasteiger partial charge is 0.313 e. The van der Waals surface area contributed by atoms with Crippen molar-refractivity contribution >= 4 is 18.2 Å². The van der Waals surface area contributed by atoms with E-state index >= 15 is 0 Å². The normalized spacial score (nSPS) is 11.0. The Morgan fingerprint density at radius 1 is 1.13 bits per heavy atom. The zero-order chi connectivity index (χ0) is 10.7. The maximum atomic E-state index is 5.29. The number of nitrogens with two attached hydrogens (primary N) is 1. The number of benzene rings is 1. The zero-order valence-electron chi connectivity index (χ0n) is 8.34. The predicted octanol–water partition coefficient (Wildman–Crippen LogP) is 2.13. The van der Waals surface area contributed by atoms with Gasteiger partial charge < -0.3 is 10.2 Å². The number of nitrogen functional groups attached to an aromatic ring is 1. The van der Waals surface area contributed by atoms with Crippen LogP contribution < -0.4 is 5.73 Å². The van der Waals surface area contributed by atoms with Gasteiger partial charge in [-0.3, -0.25) is 0 Å². The second-order valence-electron chi connectivity index (χ2n) is 3.22. The van der Waals surface area contributed by atoms with Gasteiger partial charge in [-0.05, 0) is 18.6 Å². The summed E-state index contributed by atoms with van der Waals surface area (Å²) in [6.07, 6.45) is 3.63. The molecule has 2 aromatic rings. The van der Waals surface area contributed by atoms with Crippen LogP contribution in [0.4, 0.5) is 6.01 Å². The fraction of sp³-hybridized carbons (Fsp3) is 0.0909. The molecule has 2 rings (SSSR count). The molecule has 0 saturated carbocycles. The van der Waals surface area contributed by atoms with E-state index in [1.165, 1.54) is 5.56 Å². The fourth-order valence-corrected chi connectivity index (χ4v) is 1.16. The number of aromatic nitrogens is 2. The highest BCUT2D eigenvalue weighted by molar-refractivity contribution is 5.66. The van der Waals surface area contributed by atoms with Crippen LogP contribution in [-0.2, 0) is 0 Å². The van der Waals surface area contributed by atoms with E-state index in [-0.39, 0.29) is 6.01 Å². The van der Waals surface area contributed by atoms with Crippen LogP contribution in [0.5, 0.6) is 0 Å². The molecule has 1 heterocycles. The predicted molar refractivity (Wildman–Crippen MR) is 58.8 cm³/mol. The van der Waals surface area contributed by atoms with Crippen LogP contribution in [0.15, 0.2) is 28.7 Å². The van der Waals surface area contributed by atoms with E-state index in [2.05, 4.69) is 10.2 Å². The Morgan fingerprint density at radius 2 is 1.87 bits per heavy atom. The van der Waals surface area contributed by atoms with Crippen LogP contribution in [0.1, 0.15) is 17.0 Å². The molecule has 0 bridgehead atoms. The molecule has 0 fully saturated rings. The summed E-state index contributed by atoms with van der Waals surface area (Å²) in [5.74, 6) is 0.410. The third-order valence-corrected chi connectivity index (χ3v) is 1.95. The summed E-state index contributed by atoms with van der Waals surface area (Å²) in [5, 5.41) is 7.27. The van der Waals surface area contributed by atoms with E-state index in [1.807, 2.05) is 37.3 Å². The molecule has 15 heavy (non-hydrogen) atoms. The first-order valence-electron chi connectivity index (χ1n) is 4.58. The zero-order valence-corrected chi connectivity index (χ0v) is 8.34. The Hall–Kier alpha value is -2.10. The van der Waals surface area contributed by atoms with Crippen LogP contribution in [0.2, 0.25) is 0 Å². The van der Waals surface area contributed by atoms with Gasteiger partial charge in [0.15, 0.2) is 0 Å². The van der Waals surface area contributed by atoms with Gasteiger partial charge in [0.2, 0.25) is 5.89 Å². The van der Waals surface area contributed by atoms with Crippen molar-refractivity contribution in [2.75, 3.05) is 5.73 Å². The van der Waals surface area contributed by atoms with E-state index < -0.39 is 0 Å². The molecule has 0 atom stereocenters. The standard InChI is InChI=1S/C11H11N3O/c1-8-2-4-9(5-3-8)6-7-10-13-14-11(12)15-10/h2-7H,1H3,(H2,12,14). The monoisotopic (exact) mass is 201 g/mol. The molecule has 0 spiro atoms. The van der Waals surface area contributed by atoms with Crippen molar-refractivity contribution in [3.63, 3.8) is 0 Å². The minimum absolute atomic E-state index is 0.0820. The van der Waals surface area contributed by atoms with E-state index in [0.29, 0.717) is 5.89 Å². The van der Waals surface area contributed by atoms with Crippen molar-refractivity contribution in [2.24, 2.45) is 0 Å². The SMILES string of the molecule is Cc1ccc(C=Cc2nnc(N)o2)cc1. The van der Waals surface area contributed by atoms with Gasteiger partial charge in [0.05, 0.1) is 0 Å². The molecular formula is C11H11N3O. The van der Waals surface area contributed by atoms with Gasteiger partial charge in [0.25, 0.3) is 0 Å². The van der Waals surface area contributed by atoms with Crippen LogP contribution >= 0.6 is 0 Å².